The summed E-state index contributed by atoms with van der Waals surface area (Å²) < 4.78 is 13.4. The predicted octanol–water partition coefficient (Wildman–Crippen LogP) is 3.54. The van der Waals surface area contributed by atoms with Crippen LogP contribution < -0.4 is 5.32 Å². The average Bonchev–Trinajstić information content (AvgIpc) is 2.67. The average molecular weight is 379 g/mol. The Labute approximate surface area is 161 Å². The van der Waals surface area contributed by atoms with Gasteiger partial charge in [0.15, 0.2) is 0 Å². The number of halogens is 1. The lowest BCUT2D eigenvalue weighted by Crippen LogP contribution is -2.30. The number of aromatic nitrogens is 2. The minimum absolute atomic E-state index is 0.241. The summed E-state index contributed by atoms with van der Waals surface area (Å²) in [4.78, 5) is 31.9. The van der Waals surface area contributed by atoms with Crippen molar-refractivity contribution in [2.24, 2.45) is 0 Å². The van der Waals surface area contributed by atoms with Crippen LogP contribution in [0, 0.1) is 12.7 Å². The van der Waals surface area contributed by atoms with Crippen molar-refractivity contribution in [1.82, 2.24) is 15.3 Å². The molecule has 3 rings (SSSR count). The molecule has 0 saturated heterocycles. The molecular weight excluding hydrogens is 361 g/mol. The van der Waals surface area contributed by atoms with Gasteiger partial charge in [0.1, 0.15) is 5.82 Å². The number of pyridine rings is 2. The number of hydrogen-bond donors (Lipinski definition) is 2. The molecule has 0 spiro atoms. The molecule has 0 aliphatic rings. The molecule has 0 fully saturated rings. The zero-order valence-electron chi connectivity index (χ0n) is 15.1. The smallest absolute Gasteiger partial charge is 0.305 e. The van der Waals surface area contributed by atoms with E-state index in [2.05, 4.69) is 15.3 Å². The maximum absolute atomic E-state index is 13.4. The highest BCUT2D eigenvalue weighted by Gasteiger charge is 2.20. The zero-order valence-corrected chi connectivity index (χ0v) is 15.1. The summed E-state index contributed by atoms with van der Waals surface area (Å²) in [7, 11) is 0. The first-order valence-corrected chi connectivity index (χ1v) is 8.58. The molecule has 0 unspecified atom stereocenters. The molecule has 1 aromatic carbocycles. The molecule has 28 heavy (non-hydrogen) atoms. The molecule has 0 radical (unpaired) electrons. The van der Waals surface area contributed by atoms with E-state index in [0.717, 1.165) is 17.3 Å². The van der Waals surface area contributed by atoms with Crippen LogP contribution in [-0.4, -0.2) is 27.0 Å². The van der Waals surface area contributed by atoms with Crippen molar-refractivity contribution in [1.29, 1.82) is 0 Å². The maximum Gasteiger partial charge on any atom is 0.305 e. The van der Waals surface area contributed by atoms with Gasteiger partial charge in [-0.2, -0.15) is 0 Å². The van der Waals surface area contributed by atoms with Crippen LogP contribution >= 0.6 is 0 Å². The summed E-state index contributed by atoms with van der Waals surface area (Å²) >= 11 is 0. The van der Waals surface area contributed by atoms with Crippen molar-refractivity contribution in [3.05, 3.63) is 83.7 Å². The summed E-state index contributed by atoms with van der Waals surface area (Å²) in [5, 5.41) is 12.0. The third-order valence-corrected chi connectivity index (χ3v) is 4.29. The molecule has 6 nitrogen and oxygen atoms in total. The molecule has 1 amide bonds. The molecule has 3 aromatic rings. The van der Waals surface area contributed by atoms with E-state index in [-0.39, 0.29) is 12.0 Å². The van der Waals surface area contributed by atoms with Crippen molar-refractivity contribution in [2.75, 3.05) is 0 Å². The van der Waals surface area contributed by atoms with Crippen LogP contribution in [0.1, 0.15) is 33.9 Å². The standard InChI is InChI=1S/C21H18FN3O3/c1-13-4-2-3-5-18(13)19(8-20(26)27)25-21(28)16-6-14(9-23-11-16)15-7-17(22)12-24-10-15/h2-7,9-12,19H,8H2,1H3,(H,25,28)(H,26,27)/t19-/m0/s1. The number of hydrogen-bond acceptors (Lipinski definition) is 4. The number of carboxylic acid groups (broad SMARTS) is 1. The Morgan fingerprint density at radius 2 is 1.75 bits per heavy atom. The number of rotatable bonds is 6. The van der Waals surface area contributed by atoms with Gasteiger partial charge < -0.3 is 10.4 Å². The Balaban J connectivity index is 1.87. The highest BCUT2D eigenvalue weighted by atomic mass is 19.1. The lowest BCUT2D eigenvalue weighted by Gasteiger charge is -2.19. The molecular formula is C21H18FN3O3. The lowest BCUT2D eigenvalue weighted by atomic mass is 9.98. The van der Waals surface area contributed by atoms with Crippen molar-refractivity contribution in [3.8, 4) is 11.1 Å². The Bertz CT molecular complexity index is 1020. The van der Waals surface area contributed by atoms with Gasteiger partial charge >= 0.3 is 5.97 Å². The van der Waals surface area contributed by atoms with Gasteiger partial charge in [-0.05, 0) is 30.2 Å². The summed E-state index contributed by atoms with van der Waals surface area (Å²) in [5.41, 5.74) is 2.88. The SMILES string of the molecule is Cc1ccccc1[C@H](CC(=O)O)NC(=O)c1cncc(-c2cncc(F)c2)c1. The number of nitrogens with one attached hydrogen (secondary N) is 1. The summed E-state index contributed by atoms with van der Waals surface area (Å²) in [6.07, 6.45) is 5.19. The van der Waals surface area contributed by atoms with E-state index >= 15 is 0 Å². The van der Waals surface area contributed by atoms with E-state index < -0.39 is 23.7 Å². The van der Waals surface area contributed by atoms with E-state index in [1.54, 1.807) is 18.2 Å². The number of amides is 1. The molecule has 7 heteroatoms. The van der Waals surface area contributed by atoms with Crippen LogP contribution in [-0.2, 0) is 4.79 Å². The van der Waals surface area contributed by atoms with E-state index in [1.807, 2.05) is 19.1 Å². The van der Waals surface area contributed by atoms with Crippen LogP contribution in [0.25, 0.3) is 11.1 Å². The van der Waals surface area contributed by atoms with Crippen LogP contribution in [0.4, 0.5) is 4.39 Å². The third kappa shape index (κ3) is 4.56. The minimum Gasteiger partial charge on any atom is -0.481 e. The predicted molar refractivity (Wildman–Crippen MR) is 101 cm³/mol. The molecule has 0 aliphatic heterocycles. The second-order valence-corrected chi connectivity index (χ2v) is 6.33. The largest absolute Gasteiger partial charge is 0.481 e. The fourth-order valence-corrected chi connectivity index (χ4v) is 2.92. The van der Waals surface area contributed by atoms with Gasteiger partial charge in [0.25, 0.3) is 5.91 Å². The van der Waals surface area contributed by atoms with Gasteiger partial charge in [0.2, 0.25) is 0 Å². The Kier molecular flexibility index (Phi) is 5.74. The van der Waals surface area contributed by atoms with Gasteiger partial charge in [-0.3, -0.25) is 19.6 Å². The van der Waals surface area contributed by atoms with E-state index in [0.29, 0.717) is 11.1 Å². The fraction of sp³-hybridized carbons (Fsp3) is 0.143. The molecule has 2 heterocycles. The highest BCUT2D eigenvalue weighted by molar-refractivity contribution is 5.95. The minimum atomic E-state index is -1.02. The van der Waals surface area contributed by atoms with Gasteiger partial charge in [-0.25, -0.2) is 4.39 Å². The molecule has 142 valence electrons. The van der Waals surface area contributed by atoms with E-state index in [1.165, 1.54) is 24.7 Å². The van der Waals surface area contributed by atoms with Crippen molar-refractivity contribution >= 4 is 11.9 Å². The van der Waals surface area contributed by atoms with Gasteiger partial charge in [-0.1, -0.05) is 24.3 Å². The number of carbonyl (C=O) groups excluding carboxylic acids is 1. The number of carboxylic acids is 1. The topological polar surface area (TPSA) is 92.2 Å². The van der Waals surface area contributed by atoms with Crippen LogP contribution in [0.15, 0.2) is 61.2 Å². The normalized spacial score (nSPS) is 11.6. The van der Waals surface area contributed by atoms with Gasteiger partial charge in [0, 0.05) is 29.7 Å². The Morgan fingerprint density at radius 1 is 1.07 bits per heavy atom. The number of aryl methyl sites for hydroxylation is 1. The second-order valence-electron chi connectivity index (χ2n) is 6.33. The molecule has 2 aromatic heterocycles. The Hall–Kier alpha value is -3.61. The summed E-state index contributed by atoms with van der Waals surface area (Å²) in [6.45, 7) is 1.86. The summed E-state index contributed by atoms with van der Waals surface area (Å²) in [5.74, 6) is -1.98. The van der Waals surface area contributed by atoms with Gasteiger partial charge in [-0.15, -0.1) is 0 Å². The van der Waals surface area contributed by atoms with Crippen LogP contribution in [0.3, 0.4) is 0 Å². The number of aliphatic carboxylic acids is 1. The van der Waals surface area contributed by atoms with E-state index in [9.17, 15) is 19.1 Å². The first-order valence-electron chi connectivity index (χ1n) is 8.58. The lowest BCUT2D eigenvalue weighted by molar-refractivity contribution is -0.137. The third-order valence-electron chi connectivity index (χ3n) is 4.29. The zero-order chi connectivity index (χ0) is 20.1. The molecule has 2 N–H and O–H groups in total. The molecule has 0 bridgehead atoms. The molecule has 1 atom stereocenters. The highest BCUT2D eigenvalue weighted by Crippen LogP contribution is 2.23. The van der Waals surface area contributed by atoms with E-state index in [4.69, 9.17) is 0 Å². The van der Waals surface area contributed by atoms with Crippen molar-refractivity contribution < 1.29 is 19.1 Å². The number of nitrogens with zero attached hydrogens (tertiary/aromatic N) is 2. The van der Waals surface area contributed by atoms with Crippen molar-refractivity contribution in [3.63, 3.8) is 0 Å². The number of benzene rings is 1. The number of carbonyl (C=O) groups is 2. The first kappa shape index (κ1) is 19.2. The fourth-order valence-electron chi connectivity index (χ4n) is 2.92. The van der Waals surface area contributed by atoms with Crippen LogP contribution in [0.5, 0.6) is 0 Å². The van der Waals surface area contributed by atoms with Crippen LogP contribution in [0.2, 0.25) is 0 Å². The first-order chi connectivity index (χ1) is 13.4. The quantitative estimate of drug-likeness (QED) is 0.683. The Morgan fingerprint density at radius 3 is 2.43 bits per heavy atom. The van der Waals surface area contributed by atoms with Crippen molar-refractivity contribution in [2.45, 2.75) is 19.4 Å². The molecule has 0 aliphatic carbocycles. The molecule has 0 saturated carbocycles. The second kappa shape index (κ2) is 8.39. The summed E-state index contributed by atoms with van der Waals surface area (Å²) in [6, 6.07) is 9.46. The maximum atomic E-state index is 13.4. The monoisotopic (exact) mass is 379 g/mol. The van der Waals surface area contributed by atoms with Gasteiger partial charge in [0.05, 0.1) is 24.2 Å².